The number of aryl methyl sites for hydroxylation is 1. The van der Waals surface area contributed by atoms with Crippen molar-refractivity contribution < 1.29 is 9.21 Å². The molecular formula is C15H19N3O2S. The Morgan fingerprint density at radius 2 is 2.05 bits per heavy atom. The number of aromatic nitrogens is 2. The second kappa shape index (κ2) is 7.26. The molecule has 21 heavy (non-hydrogen) atoms. The van der Waals surface area contributed by atoms with E-state index in [1.165, 1.54) is 17.3 Å². The van der Waals surface area contributed by atoms with Crippen molar-refractivity contribution in [3.8, 4) is 11.5 Å². The third kappa shape index (κ3) is 4.32. The van der Waals surface area contributed by atoms with Gasteiger partial charge in [0, 0.05) is 12.1 Å². The van der Waals surface area contributed by atoms with Gasteiger partial charge >= 0.3 is 0 Å². The first kappa shape index (κ1) is 15.6. The van der Waals surface area contributed by atoms with Crippen molar-refractivity contribution in [2.75, 3.05) is 6.54 Å². The number of benzene rings is 1. The van der Waals surface area contributed by atoms with Gasteiger partial charge < -0.3 is 9.73 Å². The number of hydrogen-bond donors (Lipinski definition) is 1. The van der Waals surface area contributed by atoms with E-state index in [1.54, 1.807) is 0 Å². The van der Waals surface area contributed by atoms with E-state index in [9.17, 15) is 4.79 Å². The van der Waals surface area contributed by atoms with Crippen LogP contribution in [0.25, 0.3) is 11.5 Å². The van der Waals surface area contributed by atoms with Gasteiger partial charge in [0.15, 0.2) is 0 Å². The van der Waals surface area contributed by atoms with Gasteiger partial charge in [-0.05, 0) is 32.4 Å². The van der Waals surface area contributed by atoms with Gasteiger partial charge in [-0.3, -0.25) is 4.79 Å². The summed E-state index contributed by atoms with van der Waals surface area (Å²) in [6.07, 6.45) is 0.918. The molecule has 2 rings (SSSR count). The number of carbonyl (C=O) groups is 1. The minimum Gasteiger partial charge on any atom is -0.411 e. The quantitative estimate of drug-likeness (QED) is 0.831. The van der Waals surface area contributed by atoms with Gasteiger partial charge in [-0.1, -0.05) is 36.4 Å². The van der Waals surface area contributed by atoms with Crippen molar-refractivity contribution in [3.63, 3.8) is 0 Å². The summed E-state index contributed by atoms with van der Waals surface area (Å²) in [5.74, 6) is 0.454. The van der Waals surface area contributed by atoms with Crippen molar-refractivity contribution in [1.29, 1.82) is 0 Å². The molecule has 0 bridgehead atoms. The van der Waals surface area contributed by atoms with E-state index >= 15 is 0 Å². The first-order valence-electron chi connectivity index (χ1n) is 6.95. The van der Waals surface area contributed by atoms with Crippen LogP contribution in [0.2, 0.25) is 0 Å². The molecular weight excluding hydrogens is 286 g/mol. The lowest BCUT2D eigenvalue weighted by Gasteiger charge is -2.08. The van der Waals surface area contributed by atoms with Crippen molar-refractivity contribution in [2.24, 2.45) is 0 Å². The van der Waals surface area contributed by atoms with Gasteiger partial charge in [0.2, 0.25) is 11.8 Å². The van der Waals surface area contributed by atoms with Crippen LogP contribution in [0.15, 0.2) is 33.9 Å². The van der Waals surface area contributed by atoms with Crippen LogP contribution < -0.4 is 5.32 Å². The third-order valence-corrected chi connectivity index (χ3v) is 3.84. The molecule has 0 aliphatic rings. The standard InChI is InChI=1S/C15H19N3O2S/c1-4-9-16-13(19)11(3)21-15-18-17-14(20-15)12-7-5-10(2)6-8-12/h5-8,11H,4,9H2,1-3H3,(H,16,19). The van der Waals surface area contributed by atoms with E-state index in [0.29, 0.717) is 17.7 Å². The van der Waals surface area contributed by atoms with Crippen molar-refractivity contribution in [2.45, 2.75) is 37.7 Å². The Hall–Kier alpha value is -1.82. The van der Waals surface area contributed by atoms with Crippen LogP contribution in [-0.2, 0) is 4.79 Å². The molecule has 2 aromatic rings. The molecule has 0 fully saturated rings. The lowest BCUT2D eigenvalue weighted by atomic mass is 10.1. The zero-order valence-electron chi connectivity index (χ0n) is 12.4. The number of rotatable bonds is 6. The van der Waals surface area contributed by atoms with E-state index in [0.717, 1.165) is 12.0 Å². The van der Waals surface area contributed by atoms with Gasteiger partial charge in [0.05, 0.1) is 5.25 Å². The average Bonchev–Trinajstić information content (AvgIpc) is 2.93. The summed E-state index contributed by atoms with van der Waals surface area (Å²) in [6.45, 7) is 6.55. The molecule has 0 radical (unpaired) electrons. The average molecular weight is 305 g/mol. The molecule has 0 aliphatic heterocycles. The second-order valence-electron chi connectivity index (χ2n) is 4.79. The third-order valence-electron chi connectivity index (χ3n) is 2.90. The number of thioether (sulfide) groups is 1. The highest BCUT2D eigenvalue weighted by Crippen LogP contribution is 2.26. The van der Waals surface area contributed by atoms with E-state index in [2.05, 4.69) is 15.5 Å². The fraction of sp³-hybridized carbons (Fsp3) is 0.400. The molecule has 0 saturated heterocycles. The number of amides is 1. The summed E-state index contributed by atoms with van der Waals surface area (Å²) in [5.41, 5.74) is 2.05. The summed E-state index contributed by atoms with van der Waals surface area (Å²) in [6, 6.07) is 7.86. The van der Waals surface area contributed by atoms with Crippen molar-refractivity contribution in [1.82, 2.24) is 15.5 Å². The molecule has 0 spiro atoms. The second-order valence-corrected chi connectivity index (χ2v) is 6.08. The predicted octanol–water partition coefficient (Wildman–Crippen LogP) is 3.05. The van der Waals surface area contributed by atoms with Crippen molar-refractivity contribution >= 4 is 17.7 Å². The molecule has 1 unspecified atom stereocenters. The van der Waals surface area contributed by atoms with Crippen LogP contribution >= 0.6 is 11.8 Å². The molecule has 0 saturated carbocycles. The van der Waals surface area contributed by atoms with Gasteiger partial charge in [-0.2, -0.15) is 0 Å². The highest BCUT2D eigenvalue weighted by molar-refractivity contribution is 8.00. The molecule has 1 aromatic carbocycles. The number of nitrogens with zero attached hydrogens (tertiary/aromatic N) is 2. The Morgan fingerprint density at radius 1 is 1.33 bits per heavy atom. The number of carbonyl (C=O) groups excluding carboxylic acids is 1. The summed E-state index contributed by atoms with van der Waals surface area (Å²) in [7, 11) is 0. The summed E-state index contributed by atoms with van der Waals surface area (Å²) >= 11 is 1.27. The van der Waals surface area contributed by atoms with Crippen LogP contribution in [0, 0.1) is 6.92 Å². The van der Waals surface area contributed by atoms with E-state index in [-0.39, 0.29) is 11.2 Å². The highest BCUT2D eigenvalue weighted by Gasteiger charge is 2.18. The molecule has 1 aromatic heterocycles. The number of hydrogen-bond acceptors (Lipinski definition) is 5. The smallest absolute Gasteiger partial charge is 0.277 e. The van der Waals surface area contributed by atoms with Gasteiger partial charge in [0.1, 0.15) is 0 Å². The molecule has 1 heterocycles. The van der Waals surface area contributed by atoms with Crippen LogP contribution in [0.1, 0.15) is 25.8 Å². The van der Waals surface area contributed by atoms with Crippen LogP contribution in [0.4, 0.5) is 0 Å². The van der Waals surface area contributed by atoms with E-state index in [4.69, 9.17) is 4.42 Å². The molecule has 0 aliphatic carbocycles. The molecule has 1 N–H and O–H groups in total. The minimum absolute atomic E-state index is 0.0167. The Kier molecular flexibility index (Phi) is 5.38. The molecule has 1 atom stereocenters. The van der Waals surface area contributed by atoms with E-state index in [1.807, 2.05) is 45.0 Å². The largest absolute Gasteiger partial charge is 0.411 e. The van der Waals surface area contributed by atoms with Crippen LogP contribution in [0.5, 0.6) is 0 Å². The van der Waals surface area contributed by atoms with Crippen LogP contribution in [-0.4, -0.2) is 27.9 Å². The van der Waals surface area contributed by atoms with Gasteiger partial charge in [-0.25, -0.2) is 0 Å². The highest BCUT2D eigenvalue weighted by atomic mass is 32.2. The normalized spacial score (nSPS) is 12.1. The molecule has 6 heteroatoms. The Balaban J connectivity index is 2.00. The minimum atomic E-state index is -0.261. The maximum absolute atomic E-state index is 11.8. The Labute approximate surface area is 128 Å². The van der Waals surface area contributed by atoms with Crippen molar-refractivity contribution in [3.05, 3.63) is 29.8 Å². The van der Waals surface area contributed by atoms with Gasteiger partial charge in [0.25, 0.3) is 5.22 Å². The summed E-state index contributed by atoms with van der Waals surface area (Å²) in [5, 5.41) is 11.0. The number of nitrogens with one attached hydrogen (secondary N) is 1. The molecule has 112 valence electrons. The molecule has 1 amide bonds. The maximum atomic E-state index is 11.8. The fourth-order valence-corrected chi connectivity index (χ4v) is 2.37. The first-order valence-corrected chi connectivity index (χ1v) is 7.83. The van der Waals surface area contributed by atoms with Crippen LogP contribution in [0.3, 0.4) is 0 Å². The van der Waals surface area contributed by atoms with E-state index < -0.39 is 0 Å². The summed E-state index contributed by atoms with van der Waals surface area (Å²) < 4.78 is 5.60. The fourth-order valence-electron chi connectivity index (χ4n) is 1.67. The Morgan fingerprint density at radius 3 is 2.71 bits per heavy atom. The lowest BCUT2D eigenvalue weighted by Crippen LogP contribution is -2.31. The predicted molar refractivity (Wildman–Crippen MR) is 83.1 cm³/mol. The SMILES string of the molecule is CCCNC(=O)C(C)Sc1nnc(-c2ccc(C)cc2)o1. The molecule has 5 nitrogen and oxygen atoms in total. The zero-order valence-corrected chi connectivity index (χ0v) is 13.2. The topological polar surface area (TPSA) is 68.0 Å². The summed E-state index contributed by atoms with van der Waals surface area (Å²) in [4.78, 5) is 11.8. The maximum Gasteiger partial charge on any atom is 0.277 e. The van der Waals surface area contributed by atoms with Gasteiger partial charge in [-0.15, -0.1) is 10.2 Å². The zero-order chi connectivity index (χ0) is 15.2. The lowest BCUT2D eigenvalue weighted by molar-refractivity contribution is -0.120. The Bertz CT molecular complexity index is 595. The monoisotopic (exact) mass is 305 g/mol. The first-order chi connectivity index (χ1) is 10.1.